The Labute approximate surface area is 136 Å². The van der Waals surface area contributed by atoms with E-state index in [9.17, 15) is 0 Å². The van der Waals surface area contributed by atoms with Crippen LogP contribution >= 0.6 is 0 Å². The van der Waals surface area contributed by atoms with Crippen molar-refractivity contribution in [1.29, 1.82) is 0 Å². The van der Waals surface area contributed by atoms with Crippen LogP contribution in [0.5, 0.6) is 0 Å². The number of hydrogen-bond donors (Lipinski definition) is 1. The van der Waals surface area contributed by atoms with E-state index in [4.69, 9.17) is 15.2 Å². The lowest BCUT2D eigenvalue weighted by molar-refractivity contribution is -0.0943. The summed E-state index contributed by atoms with van der Waals surface area (Å²) in [5, 5.41) is 0. The summed E-state index contributed by atoms with van der Waals surface area (Å²) in [5.74, 6) is 0.910. The average Bonchev–Trinajstić information content (AvgIpc) is 2.54. The maximum absolute atomic E-state index is 6.36. The Kier molecular flexibility index (Phi) is 6.17. The molecule has 0 atom stereocenters. The molecule has 0 heterocycles. The zero-order chi connectivity index (χ0) is 15.4. The third-order valence-electron chi connectivity index (χ3n) is 6.07. The van der Waals surface area contributed by atoms with Crippen LogP contribution in [0.15, 0.2) is 0 Å². The van der Waals surface area contributed by atoms with Crippen molar-refractivity contribution in [3.8, 4) is 0 Å². The van der Waals surface area contributed by atoms with Crippen LogP contribution in [0, 0.1) is 5.92 Å². The van der Waals surface area contributed by atoms with E-state index in [1.807, 2.05) is 0 Å². The number of nitrogens with two attached hydrogens (primary N) is 1. The van der Waals surface area contributed by atoms with Gasteiger partial charge in [0.05, 0.1) is 24.4 Å². The normalized spacial score (nSPS) is 43.9. The second kappa shape index (κ2) is 8.12. The van der Waals surface area contributed by atoms with Crippen molar-refractivity contribution in [2.45, 2.75) is 114 Å². The smallest absolute Gasteiger partial charge is 0.0580 e. The molecule has 22 heavy (non-hydrogen) atoms. The molecule has 3 heteroatoms. The van der Waals surface area contributed by atoms with Crippen LogP contribution in [0.2, 0.25) is 0 Å². The lowest BCUT2D eigenvalue weighted by Crippen LogP contribution is -2.35. The van der Waals surface area contributed by atoms with E-state index >= 15 is 0 Å². The second-order valence-electron chi connectivity index (χ2n) is 8.09. The van der Waals surface area contributed by atoms with Crippen molar-refractivity contribution in [3.05, 3.63) is 0 Å². The molecular weight excluding hydrogens is 274 g/mol. The van der Waals surface area contributed by atoms with Crippen LogP contribution in [0.3, 0.4) is 0 Å². The Hall–Kier alpha value is -0.120. The zero-order valence-corrected chi connectivity index (χ0v) is 14.3. The van der Waals surface area contributed by atoms with Crippen LogP contribution < -0.4 is 5.73 Å². The predicted molar refractivity (Wildman–Crippen MR) is 89.9 cm³/mol. The van der Waals surface area contributed by atoms with Crippen LogP contribution in [0.1, 0.15) is 84.0 Å². The molecule has 0 aromatic rings. The van der Waals surface area contributed by atoms with Crippen molar-refractivity contribution in [3.63, 3.8) is 0 Å². The summed E-state index contributed by atoms with van der Waals surface area (Å²) in [5.41, 5.74) is 5.97. The number of rotatable bonds is 4. The minimum Gasteiger partial charge on any atom is -0.375 e. The summed E-state index contributed by atoms with van der Waals surface area (Å²) in [6, 6.07) is 0.419. The summed E-state index contributed by atoms with van der Waals surface area (Å²) in [6.07, 6.45) is 16.6. The molecule has 3 aliphatic rings. The Morgan fingerprint density at radius 2 is 0.864 bits per heavy atom. The standard InChI is InChI=1S/C19H35NO2/c1-14-2-6-16(7-3-14)21-18-10-12-19(13-11-18)22-17-8-4-15(20)5-9-17/h14-19H,2-13,20H2,1H3. The number of ether oxygens (including phenoxy) is 2. The Balaban J connectivity index is 1.32. The first-order chi connectivity index (χ1) is 10.7. The van der Waals surface area contributed by atoms with Gasteiger partial charge in [-0.3, -0.25) is 0 Å². The van der Waals surface area contributed by atoms with Gasteiger partial charge >= 0.3 is 0 Å². The van der Waals surface area contributed by atoms with Gasteiger partial charge in [-0.2, -0.15) is 0 Å². The molecule has 0 aliphatic heterocycles. The fourth-order valence-electron chi connectivity index (χ4n) is 4.44. The first-order valence-corrected chi connectivity index (χ1v) is 9.75. The van der Waals surface area contributed by atoms with Crippen molar-refractivity contribution >= 4 is 0 Å². The minimum atomic E-state index is 0.419. The molecular formula is C19H35NO2. The predicted octanol–water partition coefficient (Wildman–Crippen LogP) is 4.18. The van der Waals surface area contributed by atoms with Crippen molar-refractivity contribution < 1.29 is 9.47 Å². The summed E-state index contributed by atoms with van der Waals surface area (Å²) < 4.78 is 12.7. The molecule has 3 rings (SSSR count). The third kappa shape index (κ3) is 4.94. The molecule has 3 fully saturated rings. The van der Waals surface area contributed by atoms with E-state index in [0.29, 0.717) is 30.5 Å². The van der Waals surface area contributed by atoms with Gasteiger partial charge in [0, 0.05) is 6.04 Å². The fraction of sp³-hybridized carbons (Fsp3) is 1.00. The first kappa shape index (κ1) is 16.7. The molecule has 0 unspecified atom stereocenters. The highest BCUT2D eigenvalue weighted by atomic mass is 16.5. The van der Waals surface area contributed by atoms with Crippen LogP contribution in [-0.4, -0.2) is 30.5 Å². The van der Waals surface area contributed by atoms with Gasteiger partial charge in [0.2, 0.25) is 0 Å². The van der Waals surface area contributed by atoms with Gasteiger partial charge in [0.25, 0.3) is 0 Å². The molecule has 0 radical (unpaired) electrons. The quantitative estimate of drug-likeness (QED) is 0.847. The van der Waals surface area contributed by atoms with E-state index in [1.165, 1.54) is 51.4 Å². The SMILES string of the molecule is CC1CCC(OC2CCC(OC3CCC(N)CC3)CC2)CC1. The van der Waals surface area contributed by atoms with Gasteiger partial charge < -0.3 is 15.2 Å². The molecule has 3 saturated carbocycles. The Morgan fingerprint density at radius 1 is 0.545 bits per heavy atom. The topological polar surface area (TPSA) is 44.5 Å². The molecule has 0 bridgehead atoms. The Morgan fingerprint density at radius 3 is 1.27 bits per heavy atom. The molecule has 0 aromatic heterocycles. The van der Waals surface area contributed by atoms with Gasteiger partial charge in [-0.05, 0) is 83.0 Å². The average molecular weight is 309 g/mol. The highest BCUT2D eigenvalue weighted by Crippen LogP contribution is 2.32. The van der Waals surface area contributed by atoms with Gasteiger partial charge in [0.1, 0.15) is 0 Å². The zero-order valence-electron chi connectivity index (χ0n) is 14.3. The van der Waals surface area contributed by atoms with Crippen LogP contribution in [0.25, 0.3) is 0 Å². The highest BCUT2D eigenvalue weighted by Gasteiger charge is 2.29. The highest BCUT2D eigenvalue weighted by molar-refractivity contribution is 4.80. The fourth-order valence-corrected chi connectivity index (χ4v) is 4.44. The van der Waals surface area contributed by atoms with E-state index in [-0.39, 0.29) is 0 Å². The molecule has 0 saturated heterocycles. The molecule has 0 amide bonds. The maximum Gasteiger partial charge on any atom is 0.0580 e. The minimum absolute atomic E-state index is 0.419. The molecule has 3 nitrogen and oxygen atoms in total. The Bertz CT molecular complexity index is 279. The van der Waals surface area contributed by atoms with Crippen molar-refractivity contribution in [2.24, 2.45) is 11.7 Å². The molecule has 0 aromatic carbocycles. The van der Waals surface area contributed by atoms with Gasteiger partial charge in [-0.1, -0.05) is 6.92 Å². The summed E-state index contributed by atoms with van der Waals surface area (Å²) in [6.45, 7) is 2.37. The van der Waals surface area contributed by atoms with E-state index < -0.39 is 0 Å². The molecule has 3 aliphatic carbocycles. The first-order valence-electron chi connectivity index (χ1n) is 9.75. The lowest BCUT2D eigenvalue weighted by Gasteiger charge is -2.36. The monoisotopic (exact) mass is 309 g/mol. The van der Waals surface area contributed by atoms with Crippen molar-refractivity contribution in [1.82, 2.24) is 0 Å². The summed E-state index contributed by atoms with van der Waals surface area (Å²) in [4.78, 5) is 0. The molecule has 0 spiro atoms. The van der Waals surface area contributed by atoms with E-state index in [1.54, 1.807) is 0 Å². The summed E-state index contributed by atoms with van der Waals surface area (Å²) >= 11 is 0. The molecule has 128 valence electrons. The molecule has 2 N–H and O–H groups in total. The van der Waals surface area contributed by atoms with Gasteiger partial charge in [-0.15, -0.1) is 0 Å². The number of hydrogen-bond acceptors (Lipinski definition) is 3. The third-order valence-corrected chi connectivity index (χ3v) is 6.07. The van der Waals surface area contributed by atoms with Crippen LogP contribution in [-0.2, 0) is 9.47 Å². The second-order valence-corrected chi connectivity index (χ2v) is 8.09. The van der Waals surface area contributed by atoms with Gasteiger partial charge in [-0.25, -0.2) is 0 Å². The van der Waals surface area contributed by atoms with E-state index in [0.717, 1.165) is 31.6 Å². The van der Waals surface area contributed by atoms with Crippen LogP contribution in [0.4, 0.5) is 0 Å². The van der Waals surface area contributed by atoms with E-state index in [2.05, 4.69) is 6.92 Å². The van der Waals surface area contributed by atoms with Crippen molar-refractivity contribution in [2.75, 3.05) is 0 Å². The summed E-state index contributed by atoms with van der Waals surface area (Å²) in [7, 11) is 0. The lowest BCUT2D eigenvalue weighted by atomic mass is 9.88. The largest absolute Gasteiger partial charge is 0.375 e. The maximum atomic E-state index is 6.36. The van der Waals surface area contributed by atoms with Gasteiger partial charge in [0.15, 0.2) is 0 Å².